The second-order valence-corrected chi connectivity index (χ2v) is 4.98. The Morgan fingerprint density at radius 1 is 0.905 bits per heavy atom. The maximum Gasteiger partial charge on any atom is 0.151 e. The van der Waals surface area contributed by atoms with Crippen LogP contribution in [0.2, 0.25) is 0 Å². The van der Waals surface area contributed by atoms with Crippen LogP contribution in [0, 0.1) is 0 Å². The smallest absolute Gasteiger partial charge is 0.151 e. The molecule has 3 rings (SSSR count). The van der Waals surface area contributed by atoms with Crippen molar-refractivity contribution in [3.8, 4) is 0 Å². The topological polar surface area (TPSA) is 69.6 Å². The fourth-order valence-corrected chi connectivity index (χ4v) is 2.29. The molecule has 21 heavy (non-hydrogen) atoms. The highest BCUT2D eigenvalue weighted by molar-refractivity contribution is 5.40. The molecule has 2 N–H and O–H groups in total. The molecule has 0 fully saturated rings. The van der Waals surface area contributed by atoms with Crippen molar-refractivity contribution in [2.24, 2.45) is 0 Å². The van der Waals surface area contributed by atoms with Gasteiger partial charge in [0, 0.05) is 12.1 Å². The fourth-order valence-electron chi connectivity index (χ4n) is 2.29. The lowest BCUT2D eigenvalue weighted by atomic mass is 10.1. The van der Waals surface area contributed by atoms with E-state index < -0.39 is 0 Å². The summed E-state index contributed by atoms with van der Waals surface area (Å²) < 4.78 is 1.85. The van der Waals surface area contributed by atoms with Gasteiger partial charge in [-0.15, -0.1) is 5.10 Å². The highest BCUT2D eigenvalue weighted by atomic mass is 15.5. The molecular formula is C16H17N5. The molecule has 1 aromatic heterocycles. The van der Waals surface area contributed by atoms with Crippen LogP contribution >= 0.6 is 0 Å². The van der Waals surface area contributed by atoms with Gasteiger partial charge in [0.15, 0.2) is 5.82 Å². The average Bonchev–Trinajstić information content (AvgIpc) is 2.93. The molecule has 0 aliphatic carbocycles. The Kier molecular flexibility index (Phi) is 3.91. The van der Waals surface area contributed by atoms with E-state index in [2.05, 4.69) is 33.7 Å². The number of aromatic nitrogens is 4. The van der Waals surface area contributed by atoms with Crippen LogP contribution < -0.4 is 5.73 Å². The second-order valence-electron chi connectivity index (χ2n) is 4.98. The molecule has 5 heteroatoms. The molecule has 0 unspecified atom stereocenters. The van der Waals surface area contributed by atoms with E-state index in [-0.39, 0.29) is 0 Å². The van der Waals surface area contributed by atoms with Gasteiger partial charge >= 0.3 is 0 Å². The van der Waals surface area contributed by atoms with Crippen LogP contribution in [-0.4, -0.2) is 20.2 Å². The van der Waals surface area contributed by atoms with Crippen molar-refractivity contribution in [3.63, 3.8) is 0 Å². The van der Waals surface area contributed by atoms with E-state index in [0.717, 1.165) is 24.4 Å². The molecule has 0 saturated carbocycles. The van der Waals surface area contributed by atoms with Crippen LogP contribution in [0.5, 0.6) is 0 Å². The maximum absolute atomic E-state index is 5.79. The summed E-state index contributed by atoms with van der Waals surface area (Å²) in [4.78, 5) is 0. The van der Waals surface area contributed by atoms with E-state index >= 15 is 0 Å². The number of nitrogen functional groups attached to an aromatic ring is 1. The zero-order valence-corrected chi connectivity index (χ0v) is 11.7. The van der Waals surface area contributed by atoms with Crippen LogP contribution in [0.1, 0.15) is 17.0 Å². The van der Waals surface area contributed by atoms with Gasteiger partial charge in [0.1, 0.15) is 0 Å². The Morgan fingerprint density at radius 2 is 1.71 bits per heavy atom. The van der Waals surface area contributed by atoms with Crippen LogP contribution in [-0.2, 0) is 19.4 Å². The highest BCUT2D eigenvalue weighted by Gasteiger charge is 2.07. The van der Waals surface area contributed by atoms with E-state index in [0.29, 0.717) is 6.54 Å². The van der Waals surface area contributed by atoms with Gasteiger partial charge < -0.3 is 5.73 Å². The molecule has 0 aliphatic rings. The number of nitrogens with zero attached hydrogens (tertiary/aromatic N) is 4. The molecule has 5 nitrogen and oxygen atoms in total. The summed E-state index contributed by atoms with van der Waals surface area (Å²) in [7, 11) is 0. The summed E-state index contributed by atoms with van der Waals surface area (Å²) in [6.45, 7) is 0.695. The lowest BCUT2D eigenvalue weighted by Gasteiger charge is -2.05. The normalized spacial score (nSPS) is 10.7. The molecule has 2 aromatic carbocycles. The molecule has 0 spiro atoms. The van der Waals surface area contributed by atoms with Crippen molar-refractivity contribution in [2.75, 3.05) is 5.73 Å². The third kappa shape index (κ3) is 3.45. The quantitative estimate of drug-likeness (QED) is 0.726. The van der Waals surface area contributed by atoms with Crippen LogP contribution in [0.25, 0.3) is 0 Å². The Bertz CT molecular complexity index is 705. The lowest BCUT2D eigenvalue weighted by Crippen LogP contribution is -2.08. The van der Waals surface area contributed by atoms with Crippen molar-refractivity contribution >= 4 is 5.69 Å². The zero-order chi connectivity index (χ0) is 14.5. The van der Waals surface area contributed by atoms with Gasteiger partial charge in [0.05, 0.1) is 6.54 Å². The molecule has 0 aliphatic heterocycles. The van der Waals surface area contributed by atoms with Crippen LogP contribution in [0.4, 0.5) is 5.69 Å². The molecule has 0 bridgehead atoms. The van der Waals surface area contributed by atoms with Gasteiger partial charge in [0.2, 0.25) is 0 Å². The molecular weight excluding hydrogens is 262 g/mol. The molecule has 0 saturated heterocycles. The van der Waals surface area contributed by atoms with Gasteiger partial charge in [-0.2, -0.15) is 0 Å². The third-order valence-corrected chi connectivity index (χ3v) is 3.37. The summed E-state index contributed by atoms with van der Waals surface area (Å²) in [5.41, 5.74) is 8.97. The summed E-state index contributed by atoms with van der Waals surface area (Å²) in [5, 5.41) is 12.0. The highest BCUT2D eigenvalue weighted by Crippen LogP contribution is 2.10. The van der Waals surface area contributed by atoms with Gasteiger partial charge in [-0.3, -0.25) is 0 Å². The summed E-state index contributed by atoms with van der Waals surface area (Å²) >= 11 is 0. The summed E-state index contributed by atoms with van der Waals surface area (Å²) in [6.07, 6.45) is 1.67. The Morgan fingerprint density at radius 3 is 2.52 bits per heavy atom. The second kappa shape index (κ2) is 6.17. The zero-order valence-electron chi connectivity index (χ0n) is 11.7. The predicted octanol–water partition coefficient (Wildman–Crippen LogP) is 2.09. The number of nitrogens with two attached hydrogens (primary N) is 1. The number of anilines is 1. The molecule has 0 amide bonds. The molecule has 0 radical (unpaired) electrons. The summed E-state index contributed by atoms with van der Waals surface area (Å²) in [6, 6.07) is 18.1. The van der Waals surface area contributed by atoms with E-state index in [9.17, 15) is 0 Å². The van der Waals surface area contributed by atoms with E-state index in [1.165, 1.54) is 11.1 Å². The maximum atomic E-state index is 5.79. The SMILES string of the molecule is Nc1cccc(CCc2nnnn2Cc2ccccc2)c1. The van der Waals surface area contributed by atoms with E-state index in [4.69, 9.17) is 5.73 Å². The Hall–Kier alpha value is -2.69. The van der Waals surface area contributed by atoms with Crippen molar-refractivity contribution < 1.29 is 0 Å². The Balaban J connectivity index is 1.68. The number of tetrazole rings is 1. The van der Waals surface area contributed by atoms with Crippen LogP contribution in [0.15, 0.2) is 54.6 Å². The Labute approximate surface area is 123 Å². The third-order valence-electron chi connectivity index (χ3n) is 3.37. The van der Waals surface area contributed by atoms with Gasteiger partial charge in [0.25, 0.3) is 0 Å². The number of aryl methyl sites for hydroxylation is 2. The average molecular weight is 279 g/mol. The minimum atomic E-state index is 0.695. The first kappa shape index (κ1) is 13.3. The molecule has 106 valence electrons. The standard InChI is InChI=1S/C16H17N5/c17-15-8-4-7-13(11-15)9-10-16-18-19-20-21(16)12-14-5-2-1-3-6-14/h1-8,11H,9-10,12,17H2. The van der Waals surface area contributed by atoms with Crippen LogP contribution in [0.3, 0.4) is 0 Å². The fraction of sp³-hybridized carbons (Fsp3) is 0.188. The molecule has 3 aromatic rings. The van der Waals surface area contributed by atoms with Gasteiger partial charge in [-0.05, 0) is 40.1 Å². The minimum Gasteiger partial charge on any atom is -0.399 e. The van der Waals surface area contributed by atoms with Crippen molar-refractivity contribution in [1.29, 1.82) is 0 Å². The minimum absolute atomic E-state index is 0.695. The van der Waals surface area contributed by atoms with Crippen molar-refractivity contribution in [2.45, 2.75) is 19.4 Å². The first-order valence-corrected chi connectivity index (χ1v) is 6.94. The number of rotatable bonds is 5. The monoisotopic (exact) mass is 279 g/mol. The van der Waals surface area contributed by atoms with E-state index in [1.54, 1.807) is 0 Å². The summed E-state index contributed by atoms with van der Waals surface area (Å²) in [5.74, 6) is 0.890. The molecule has 1 heterocycles. The number of benzene rings is 2. The number of hydrogen-bond acceptors (Lipinski definition) is 4. The van der Waals surface area contributed by atoms with Crippen molar-refractivity contribution in [1.82, 2.24) is 20.2 Å². The molecule has 0 atom stereocenters. The van der Waals surface area contributed by atoms with Gasteiger partial charge in [-0.1, -0.05) is 42.5 Å². The first-order chi connectivity index (χ1) is 10.3. The van der Waals surface area contributed by atoms with Crippen molar-refractivity contribution in [3.05, 3.63) is 71.5 Å². The largest absolute Gasteiger partial charge is 0.399 e. The predicted molar refractivity (Wildman–Crippen MR) is 81.6 cm³/mol. The first-order valence-electron chi connectivity index (χ1n) is 6.94. The van der Waals surface area contributed by atoms with E-state index in [1.807, 2.05) is 41.1 Å². The lowest BCUT2D eigenvalue weighted by molar-refractivity contribution is 0.615. The van der Waals surface area contributed by atoms with Gasteiger partial charge in [-0.25, -0.2) is 4.68 Å². The number of hydrogen-bond donors (Lipinski definition) is 1.